The summed E-state index contributed by atoms with van der Waals surface area (Å²) in [5.41, 5.74) is 0.591. The van der Waals surface area contributed by atoms with Crippen LogP contribution in [0.1, 0.15) is 17.0 Å². The summed E-state index contributed by atoms with van der Waals surface area (Å²) in [6.07, 6.45) is 0.580. The Balaban J connectivity index is 1.62. The Bertz CT molecular complexity index is 1010. The van der Waals surface area contributed by atoms with E-state index in [1.807, 2.05) is 0 Å². The number of amides is 3. The molecule has 2 N–H and O–H groups in total. The number of benzene rings is 1. The van der Waals surface area contributed by atoms with Gasteiger partial charge >= 0.3 is 6.03 Å². The summed E-state index contributed by atoms with van der Waals surface area (Å²) in [7, 11) is -2.50. The van der Waals surface area contributed by atoms with Crippen LogP contribution in [0.3, 0.4) is 0 Å². The molecule has 3 amide bonds. The van der Waals surface area contributed by atoms with Crippen LogP contribution in [-0.4, -0.2) is 63.4 Å². The SMILES string of the molecule is CNS(=O)(=O)c1ccc(C(=O)N2CCCN(C(=O)Nc3cccc(Cl)c3)CC2)o1. The number of carbonyl (C=O) groups excluding carboxylic acids is 2. The molecule has 0 bridgehead atoms. The van der Waals surface area contributed by atoms with Crippen LogP contribution in [0.15, 0.2) is 45.9 Å². The number of halogens is 1. The Morgan fingerprint density at radius 2 is 1.79 bits per heavy atom. The second-order valence-corrected chi connectivity index (χ2v) is 8.65. The highest BCUT2D eigenvalue weighted by molar-refractivity contribution is 7.89. The van der Waals surface area contributed by atoms with Crippen LogP contribution in [0, 0.1) is 0 Å². The van der Waals surface area contributed by atoms with Gasteiger partial charge in [0.25, 0.3) is 15.9 Å². The highest BCUT2D eigenvalue weighted by Crippen LogP contribution is 2.18. The fourth-order valence-electron chi connectivity index (χ4n) is 2.93. The first-order chi connectivity index (χ1) is 13.8. The minimum absolute atomic E-state index is 0.0596. The van der Waals surface area contributed by atoms with Gasteiger partial charge in [0.15, 0.2) is 5.76 Å². The van der Waals surface area contributed by atoms with Gasteiger partial charge in [-0.1, -0.05) is 17.7 Å². The monoisotopic (exact) mass is 440 g/mol. The van der Waals surface area contributed by atoms with Crippen molar-refractivity contribution in [3.63, 3.8) is 0 Å². The Labute approximate surface area is 173 Å². The van der Waals surface area contributed by atoms with Crippen molar-refractivity contribution in [1.29, 1.82) is 0 Å². The van der Waals surface area contributed by atoms with Crippen molar-refractivity contribution >= 4 is 39.2 Å². The van der Waals surface area contributed by atoms with E-state index >= 15 is 0 Å². The van der Waals surface area contributed by atoms with E-state index in [0.29, 0.717) is 43.3 Å². The van der Waals surface area contributed by atoms with Crippen LogP contribution < -0.4 is 10.0 Å². The van der Waals surface area contributed by atoms with Crippen LogP contribution >= 0.6 is 11.6 Å². The minimum Gasteiger partial charge on any atom is -0.438 e. The maximum atomic E-state index is 12.7. The molecule has 0 unspecified atom stereocenters. The van der Waals surface area contributed by atoms with E-state index in [-0.39, 0.29) is 16.9 Å². The van der Waals surface area contributed by atoms with E-state index in [4.69, 9.17) is 16.0 Å². The molecule has 0 spiro atoms. The summed E-state index contributed by atoms with van der Waals surface area (Å²) in [6.45, 7) is 1.54. The first-order valence-electron chi connectivity index (χ1n) is 8.94. The predicted octanol–water partition coefficient (Wildman–Crippen LogP) is 2.22. The van der Waals surface area contributed by atoms with E-state index in [2.05, 4.69) is 10.0 Å². The molecule has 0 atom stereocenters. The van der Waals surface area contributed by atoms with Crippen LogP contribution in [0.25, 0.3) is 0 Å². The first kappa shape index (κ1) is 21.2. The molecule has 0 radical (unpaired) electrons. The number of carbonyl (C=O) groups is 2. The Kier molecular flexibility index (Phi) is 6.46. The molecule has 9 nitrogen and oxygen atoms in total. The Hall–Kier alpha value is -2.56. The third-order valence-corrected chi connectivity index (χ3v) is 5.99. The topological polar surface area (TPSA) is 112 Å². The second kappa shape index (κ2) is 8.85. The third-order valence-electron chi connectivity index (χ3n) is 4.47. The largest absolute Gasteiger partial charge is 0.438 e. The third kappa shape index (κ3) is 5.08. The van der Waals surface area contributed by atoms with Gasteiger partial charge in [0.05, 0.1) is 0 Å². The van der Waals surface area contributed by atoms with Crippen LogP contribution in [0.2, 0.25) is 5.02 Å². The maximum absolute atomic E-state index is 12.7. The number of nitrogens with one attached hydrogen (secondary N) is 2. The molecule has 1 aromatic carbocycles. The highest BCUT2D eigenvalue weighted by atomic mass is 35.5. The van der Waals surface area contributed by atoms with Gasteiger partial charge in [-0.05, 0) is 43.8 Å². The summed E-state index contributed by atoms with van der Waals surface area (Å²) < 4.78 is 30.9. The molecule has 0 aliphatic carbocycles. The number of hydrogen-bond acceptors (Lipinski definition) is 5. The quantitative estimate of drug-likeness (QED) is 0.757. The molecule has 156 valence electrons. The zero-order valence-electron chi connectivity index (χ0n) is 15.7. The number of furan rings is 1. The van der Waals surface area contributed by atoms with Crippen molar-refractivity contribution in [3.05, 3.63) is 47.2 Å². The predicted molar refractivity (Wildman–Crippen MR) is 108 cm³/mol. The molecule has 2 heterocycles. The zero-order chi connectivity index (χ0) is 21.0. The van der Waals surface area contributed by atoms with E-state index in [9.17, 15) is 18.0 Å². The molecular weight excluding hydrogens is 420 g/mol. The normalized spacial score (nSPS) is 15.1. The molecule has 1 saturated heterocycles. The molecule has 1 fully saturated rings. The van der Waals surface area contributed by atoms with Crippen molar-refractivity contribution in [1.82, 2.24) is 14.5 Å². The van der Waals surface area contributed by atoms with Crippen LogP contribution in [0.4, 0.5) is 10.5 Å². The lowest BCUT2D eigenvalue weighted by atomic mass is 10.3. The van der Waals surface area contributed by atoms with Crippen molar-refractivity contribution in [2.45, 2.75) is 11.5 Å². The summed E-state index contributed by atoms with van der Waals surface area (Å²) in [6, 6.07) is 9.15. The molecule has 3 rings (SSSR count). The molecule has 1 aliphatic rings. The average Bonchev–Trinajstić information content (AvgIpc) is 3.07. The van der Waals surface area contributed by atoms with Crippen molar-refractivity contribution in [2.24, 2.45) is 0 Å². The fourth-order valence-corrected chi connectivity index (χ4v) is 3.77. The van der Waals surface area contributed by atoms with Gasteiger partial charge in [-0.3, -0.25) is 4.79 Å². The number of hydrogen-bond donors (Lipinski definition) is 2. The molecule has 11 heteroatoms. The Morgan fingerprint density at radius 3 is 2.52 bits per heavy atom. The van der Waals surface area contributed by atoms with Gasteiger partial charge in [0.2, 0.25) is 5.09 Å². The number of rotatable bonds is 4. The smallest absolute Gasteiger partial charge is 0.321 e. The van der Waals surface area contributed by atoms with E-state index in [1.165, 1.54) is 19.2 Å². The number of sulfonamides is 1. The summed E-state index contributed by atoms with van der Waals surface area (Å²) in [5.74, 6) is -0.477. The molecule has 2 aromatic rings. The number of nitrogens with zero attached hydrogens (tertiary/aromatic N) is 2. The van der Waals surface area contributed by atoms with Gasteiger partial charge in [-0.25, -0.2) is 17.9 Å². The van der Waals surface area contributed by atoms with Crippen molar-refractivity contribution < 1.29 is 22.4 Å². The minimum atomic E-state index is -3.76. The Morgan fingerprint density at radius 1 is 1.07 bits per heavy atom. The van der Waals surface area contributed by atoms with Crippen LogP contribution in [0.5, 0.6) is 0 Å². The molecule has 1 aliphatic heterocycles. The van der Waals surface area contributed by atoms with Crippen molar-refractivity contribution in [2.75, 3.05) is 38.5 Å². The van der Waals surface area contributed by atoms with E-state index in [0.717, 1.165) is 0 Å². The molecule has 1 aromatic heterocycles. The van der Waals surface area contributed by atoms with E-state index in [1.54, 1.807) is 34.1 Å². The molecule has 29 heavy (non-hydrogen) atoms. The van der Waals surface area contributed by atoms with Gasteiger partial charge in [-0.2, -0.15) is 0 Å². The van der Waals surface area contributed by atoms with Gasteiger partial charge < -0.3 is 19.5 Å². The van der Waals surface area contributed by atoms with Gasteiger partial charge in [-0.15, -0.1) is 0 Å². The zero-order valence-corrected chi connectivity index (χ0v) is 17.3. The lowest BCUT2D eigenvalue weighted by Crippen LogP contribution is -2.39. The van der Waals surface area contributed by atoms with Gasteiger partial charge in [0, 0.05) is 36.9 Å². The standard InChI is InChI=1S/C18H21ClN4O5S/c1-20-29(26,27)16-7-6-15(28-16)17(24)22-8-3-9-23(11-10-22)18(25)21-14-5-2-4-13(19)12-14/h2,4-7,12,20H,3,8-11H2,1H3,(H,21,25). The lowest BCUT2D eigenvalue weighted by molar-refractivity contribution is 0.0725. The fraction of sp³-hybridized carbons (Fsp3) is 0.333. The van der Waals surface area contributed by atoms with Crippen molar-refractivity contribution in [3.8, 4) is 0 Å². The lowest BCUT2D eigenvalue weighted by Gasteiger charge is -2.22. The van der Waals surface area contributed by atoms with Crippen LogP contribution in [-0.2, 0) is 10.0 Å². The summed E-state index contributed by atoms with van der Waals surface area (Å²) in [5, 5.41) is 2.99. The first-order valence-corrected chi connectivity index (χ1v) is 10.8. The molecular formula is C18H21ClN4O5S. The number of urea groups is 1. The highest BCUT2D eigenvalue weighted by Gasteiger charge is 2.26. The second-order valence-electron chi connectivity index (χ2n) is 6.40. The summed E-state index contributed by atoms with van der Waals surface area (Å²) in [4.78, 5) is 28.3. The summed E-state index contributed by atoms with van der Waals surface area (Å²) >= 11 is 5.93. The molecule has 0 saturated carbocycles. The number of anilines is 1. The van der Waals surface area contributed by atoms with Gasteiger partial charge in [0.1, 0.15) is 0 Å². The van der Waals surface area contributed by atoms with E-state index < -0.39 is 15.9 Å². The average molecular weight is 441 g/mol. The maximum Gasteiger partial charge on any atom is 0.321 e.